The molecule has 6 rings (SSSR count). The van der Waals surface area contributed by atoms with Crippen molar-refractivity contribution in [3.8, 4) is 16.9 Å². The van der Waals surface area contributed by atoms with Crippen LogP contribution in [0.1, 0.15) is 23.5 Å². The summed E-state index contributed by atoms with van der Waals surface area (Å²) in [6.07, 6.45) is 6.10. The second-order valence-electron chi connectivity index (χ2n) is 7.18. The van der Waals surface area contributed by atoms with Crippen LogP contribution in [0.4, 0.5) is 10.3 Å². The summed E-state index contributed by atoms with van der Waals surface area (Å²) < 4.78 is 22.1. The zero-order valence-corrected chi connectivity index (χ0v) is 15.8. The standard InChI is InChI=1S/C20H14ClFN6O/c21-17-4-1-10(6-23-17)12-7-24-20(28-9-26-27-19(12)28)25-8-13-14(22)2-3-15-18(13)11-5-16(11)29-15/h1-4,6-7,9,11,16H,5,8H2,(H,24,25). The van der Waals surface area contributed by atoms with Crippen LogP contribution >= 0.6 is 11.6 Å². The van der Waals surface area contributed by atoms with Crippen LogP contribution in [0.3, 0.4) is 0 Å². The molecule has 1 aliphatic heterocycles. The van der Waals surface area contributed by atoms with Crippen molar-refractivity contribution in [2.45, 2.75) is 25.0 Å². The van der Waals surface area contributed by atoms with Crippen molar-refractivity contribution in [2.75, 3.05) is 5.32 Å². The molecule has 1 N–H and O–H groups in total. The SMILES string of the molecule is Fc1ccc2c(c1CNc1ncc(-c3ccc(Cl)nc3)c3nncn13)C1CC1O2. The second-order valence-corrected chi connectivity index (χ2v) is 7.57. The van der Waals surface area contributed by atoms with Gasteiger partial charge in [0.25, 0.3) is 0 Å². The van der Waals surface area contributed by atoms with Gasteiger partial charge in [-0.15, -0.1) is 10.2 Å². The maximum Gasteiger partial charge on any atom is 0.210 e. The molecule has 1 saturated carbocycles. The molecule has 0 bridgehead atoms. The minimum absolute atomic E-state index is 0.209. The molecule has 0 amide bonds. The van der Waals surface area contributed by atoms with Crippen molar-refractivity contribution in [3.63, 3.8) is 0 Å². The molecule has 9 heteroatoms. The largest absolute Gasteiger partial charge is 0.489 e. The van der Waals surface area contributed by atoms with E-state index in [1.165, 1.54) is 6.07 Å². The van der Waals surface area contributed by atoms with Crippen LogP contribution in [0.5, 0.6) is 5.75 Å². The quantitative estimate of drug-likeness (QED) is 0.517. The Labute approximate surface area is 169 Å². The lowest BCUT2D eigenvalue weighted by atomic mass is 10.0. The number of hydrogen-bond donors (Lipinski definition) is 1. The lowest BCUT2D eigenvalue weighted by Gasteiger charge is -2.13. The molecule has 0 saturated heterocycles. The minimum Gasteiger partial charge on any atom is -0.489 e. The fourth-order valence-electron chi connectivity index (χ4n) is 3.93. The second kappa shape index (κ2) is 6.12. The minimum atomic E-state index is -0.240. The Kier molecular flexibility index (Phi) is 3.52. The van der Waals surface area contributed by atoms with Crippen molar-refractivity contribution in [2.24, 2.45) is 0 Å². The normalized spacial score (nSPS) is 19.0. The van der Waals surface area contributed by atoms with Gasteiger partial charge in [0.05, 0.1) is 0 Å². The number of rotatable bonds is 4. The number of nitrogens with one attached hydrogen (secondary N) is 1. The Morgan fingerprint density at radius 1 is 1.21 bits per heavy atom. The molecule has 29 heavy (non-hydrogen) atoms. The molecule has 2 aliphatic rings. The predicted octanol–water partition coefficient (Wildman–Crippen LogP) is 3.84. The van der Waals surface area contributed by atoms with Crippen molar-refractivity contribution < 1.29 is 9.13 Å². The van der Waals surface area contributed by atoms with E-state index in [1.807, 2.05) is 6.07 Å². The first-order valence-electron chi connectivity index (χ1n) is 9.21. The summed E-state index contributed by atoms with van der Waals surface area (Å²) in [6.45, 7) is 0.295. The Morgan fingerprint density at radius 3 is 3.00 bits per heavy atom. The number of hydrogen-bond acceptors (Lipinski definition) is 6. The van der Waals surface area contributed by atoms with Gasteiger partial charge in [-0.2, -0.15) is 0 Å². The van der Waals surface area contributed by atoms with E-state index in [1.54, 1.807) is 35.3 Å². The van der Waals surface area contributed by atoms with Crippen LogP contribution in [0.15, 0.2) is 43.0 Å². The molecular weight excluding hydrogens is 395 g/mol. The summed E-state index contributed by atoms with van der Waals surface area (Å²) in [4.78, 5) is 8.61. The molecule has 1 aliphatic carbocycles. The number of aromatic nitrogens is 5. The van der Waals surface area contributed by atoms with Crippen LogP contribution in [0, 0.1) is 5.82 Å². The van der Waals surface area contributed by atoms with E-state index in [-0.39, 0.29) is 11.9 Å². The zero-order valence-electron chi connectivity index (χ0n) is 15.0. The van der Waals surface area contributed by atoms with Crippen LogP contribution in [0.25, 0.3) is 16.8 Å². The van der Waals surface area contributed by atoms with Crippen LogP contribution < -0.4 is 10.1 Å². The predicted molar refractivity (Wildman–Crippen MR) is 105 cm³/mol. The highest BCUT2D eigenvalue weighted by molar-refractivity contribution is 6.29. The van der Waals surface area contributed by atoms with Crippen molar-refractivity contribution in [1.29, 1.82) is 0 Å². The lowest BCUT2D eigenvalue weighted by molar-refractivity contribution is 0.318. The van der Waals surface area contributed by atoms with Gasteiger partial charge in [0, 0.05) is 47.1 Å². The molecule has 2 atom stereocenters. The van der Waals surface area contributed by atoms with Crippen LogP contribution in [0.2, 0.25) is 5.15 Å². The lowest BCUT2D eigenvalue weighted by Crippen LogP contribution is -2.10. The molecule has 0 spiro atoms. The van der Waals surface area contributed by atoms with Crippen molar-refractivity contribution >= 4 is 23.2 Å². The van der Waals surface area contributed by atoms with Gasteiger partial charge >= 0.3 is 0 Å². The van der Waals surface area contributed by atoms with Gasteiger partial charge in [-0.25, -0.2) is 14.4 Å². The fourth-order valence-corrected chi connectivity index (χ4v) is 4.04. The first kappa shape index (κ1) is 16.7. The van der Waals surface area contributed by atoms with Gasteiger partial charge in [-0.1, -0.05) is 11.6 Å². The summed E-state index contributed by atoms with van der Waals surface area (Å²) in [5.41, 5.74) is 3.83. The Hall–Kier alpha value is -3.26. The third kappa shape index (κ3) is 2.63. The number of fused-ring (bicyclic) bond motifs is 4. The number of pyridine rings is 1. The van der Waals surface area contributed by atoms with E-state index in [9.17, 15) is 4.39 Å². The van der Waals surface area contributed by atoms with E-state index in [4.69, 9.17) is 16.3 Å². The van der Waals surface area contributed by atoms with Crippen molar-refractivity contribution in [1.82, 2.24) is 24.6 Å². The van der Waals surface area contributed by atoms with Gasteiger partial charge in [0.2, 0.25) is 5.95 Å². The third-order valence-corrected chi connectivity index (χ3v) is 5.66. The molecular formula is C20H14ClFN6O. The van der Waals surface area contributed by atoms with E-state index in [2.05, 4.69) is 25.5 Å². The molecule has 4 aromatic rings. The summed E-state index contributed by atoms with van der Waals surface area (Å²) >= 11 is 5.88. The molecule has 7 nitrogen and oxygen atoms in total. The van der Waals surface area contributed by atoms with E-state index in [0.29, 0.717) is 34.8 Å². The highest BCUT2D eigenvalue weighted by Crippen LogP contribution is 2.55. The van der Waals surface area contributed by atoms with Gasteiger partial charge < -0.3 is 10.1 Å². The van der Waals surface area contributed by atoms with Gasteiger partial charge in [0.15, 0.2) is 5.65 Å². The molecule has 1 fully saturated rings. The van der Waals surface area contributed by atoms with E-state index >= 15 is 0 Å². The van der Waals surface area contributed by atoms with Gasteiger partial charge in [-0.05, 0) is 30.7 Å². The van der Waals surface area contributed by atoms with Crippen LogP contribution in [-0.2, 0) is 6.54 Å². The average molecular weight is 409 g/mol. The molecule has 2 unspecified atom stereocenters. The van der Waals surface area contributed by atoms with E-state index in [0.717, 1.165) is 28.9 Å². The van der Waals surface area contributed by atoms with Crippen LogP contribution in [-0.4, -0.2) is 30.7 Å². The maximum atomic E-state index is 14.5. The highest BCUT2D eigenvalue weighted by Gasteiger charge is 2.49. The first-order chi connectivity index (χ1) is 14.2. The smallest absolute Gasteiger partial charge is 0.210 e. The van der Waals surface area contributed by atoms with Gasteiger partial charge in [-0.3, -0.25) is 4.40 Å². The van der Waals surface area contributed by atoms with Gasteiger partial charge in [0.1, 0.15) is 29.2 Å². The zero-order chi connectivity index (χ0) is 19.5. The summed E-state index contributed by atoms with van der Waals surface area (Å²) in [5.74, 6) is 1.38. The number of benzene rings is 1. The summed E-state index contributed by atoms with van der Waals surface area (Å²) in [7, 11) is 0. The van der Waals surface area contributed by atoms with E-state index < -0.39 is 0 Å². The summed E-state index contributed by atoms with van der Waals surface area (Å²) in [6, 6.07) is 6.73. The summed E-state index contributed by atoms with van der Waals surface area (Å²) in [5, 5.41) is 11.9. The molecule has 0 radical (unpaired) electrons. The molecule has 1 aromatic carbocycles. The first-order valence-corrected chi connectivity index (χ1v) is 9.59. The number of halogens is 2. The number of nitrogens with zero attached hydrogens (tertiary/aromatic N) is 5. The highest BCUT2D eigenvalue weighted by atomic mass is 35.5. The third-order valence-electron chi connectivity index (χ3n) is 5.44. The molecule has 4 heterocycles. The number of ether oxygens (including phenoxy) is 1. The van der Waals surface area contributed by atoms with Crippen molar-refractivity contribution in [3.05, 3.63) is 65.1 Å². The Bertz CT molecular complexity index is 1260. The Morgan fingerprint density at radius 2 is 2.14 bits per heavy atom. The Balaban J connectivity index is 1.35. The number of anilines is 1. The topological polar surface area (TPSA) is 77.2 Å². The molecule has 3 aromatic heterocycles. The monoisotopic (exact) mass is 408 g/mol. The average Bonchev–Trinajstić information content (AvgIpc) is 3.14. The molecule has 144 valence electrons. The maximum absolute atomic E-state index is 14.5. The fraction of sp³-hybridized carbons (Fsp3) is 0.200.